The minimum atomic E-state index is -0.317. The van der Waals surface area contributed by atoms with Gasteiger partial charge in [0.15, 0.2) is 0 Å². The Bertz CT molecular complexity index is 702. The zero-order chi connectivity index (χ0) is 17.5. The maximum atomic E-state index is 12.7. The highest BCUT2D eigenvalue weighted by atomic mass is 32.2. The molecular formula is C20H22N2O2S. The fraction of sp³-hybridized carbons (Fsp3) is 0.300. The van der Waals surface area contributed by atoms with Gasteiger partial charge in [0, 0.05) is 23.9 Å². The summed E-state index contributed by atoms with van der Waals surface area (Å²) in [7, 11) is 0. The molecule has 5 heteroatoms. The second-order valence-corrected chi connectivity index (χ2v) is 7.26. The van der Waals surface area contributed by atoms with Crippen molar-refractivity contribution in [2.24, 2.45) is 5.92 Å². The SMILES string of the molecule is O=C(NCCNC(=O)C(Sc1ccccc1)c1ccccc1)C1CC1. The lowest BCUT2D eigenvalue weighted by atomic mass is 10.1. The molecule has 0 aliphatic heterocycles. The van der Waals surface area contributed by atoms with Crippen LogP contribution in [-0.4, -0.2) is 24.9 Å². The first kappa shape index (κ1) is 17.5. The number of nitrogens with one attached hydrogen (secondary N) is 2. The highest BCUT2D eigenvalue weighted by Crippen LogP contribution is 2.35. The van der Waals surface area contributed by atoms with Gasteiger partial charge in [-0.15, -0.1) is 11.8 Å². The number of benzene rings is 2. The van der Waals surface area contributed by atoms with Gasteiger partial charge in [-0.1, -0.05) is 48.5 Å². The molecule has 2 aromatic carbocycles. The molecule has 2 aromatic rings. The molecule has 1 aliphatic carbocycles. The Balaban J connectivity index is 1.57. The minimum Gasteiger partial charge on any atom is -0.354 e. The second kappa shape index (κ2) is 8.72. The van der Waals surface area contributed by atoms with Crippen LogP contribution >= 0.6 is 11.8 Å². The summed E-state index contributed by atoms with van der Waals surface area (Å²) in [6, 6.07) is 19.7. The summed E-state index contributed by atoms with van der Waals surface area (Å²) in [5.41, 5.74) is 0.968. The molecule has 3 rings (SSSR count). The predicted molar refractivity (Wildman–Crippen MR) is 100 cm³/mol. The summed E-state index contributed by atoms with van der Waals surface area (Å²) >= 11 is 1.53. The van der Waals surface area contributed by atoms with E-state index >= 15 is 0 Å². The van der Waals surface area contributed by atoms with Gasteiger partial charge in [-0.05, 0) is 30.5 Å². The molecule has 0 heterocycles. The van der Waals surface area contributed by atoms with E-state index in [4.69, 9.17) is 0 Å². The van der Waals surface area contributed by atoms with Crippen LogP contribution in [0.5, 0.6) is 0 Å². The molecule has 1 atom stereocenters. The van der Waals surface area contributed by atoms with E-state index in [1.54, 1.807) is 0 Å². The molecule has 130 valence electrons. The van der Waals surface area contributed by atoms with E-state index in [0.29, 0.717) is 13.1 Å². The van der Waals surface area contributed by atoms with Crippen molar-refractivity contribution in [1.82, 2.24) is 10.6 Å². The van der Waals surface area contributed by atoms with Crippen LogP contribution in [0.15, 0.2) is 65.6 Å². The first-order valence-corrected chi connectivity index (χ1v) is 9.44. The van der Waals surface area contributed by atoms with Crippen LogP contribution < -0.4 is 10.6 Å². The van der Waals surface area contributed by atoms with Gasteiger partial charge in [0.2, 0.25) is 11.8 Å². The number of hydrogen-bond donors (Lipinski definition) is 2. The quantitative estimate of drug-likeness (QED) is 0.565. The molecule has 25 heavy (non-hydrogen) atoms. The number of carbonyl (C=O) groups excluding carboxylic acids is 2. The maximum Gasteiger partial charge on any atom is 0.238 e. The molecule has 0 spiro atoms. The Kier molecular flexibility index (Phi) is 6.12. The van der Waals surface area contributed by atoms with Crippen LogP contribution in [0.2, 0.25) is 0 Å². The molecule has 0 radical (unpaired) electrons. The summed E-state index contributed by atoms with van der Waals surface area (Å²) in [5, 5.41) is 5.49. The Hall–Kier alpha value is -2.27. The van der Waals surface area contributed by atoms with Gasteiger partial charge < -0.3 is 10.6 Å². The monoisotopic (exact) mass is 354 g/mol. The molecule has 0 aromatic heterocycles. The molecule has 1 fully saturated rings. The summed E-state index contributed by atoms with van der Waals surface area (Å²) in [5.74, 6) is 0.259. The van der Waals surface area contributed by atoms with Crippen molar-refractivity contribution >= 4 is 23.6 Å². The predicted octanol–water partition coefficient (Wildman–Crippen LogP) is 3.16. The molecule has 4 nitrogen and oxygen atoms in total. The van der Waals surface area contributed by atoms with E-state index in [0.717, 1.165) is 23.3 Å². The van der Waals surface area contributed by atoms with E-state index in [2.05, 4.69) is 10.6 Å². The standard InChI is InChI=1S/C20H22N2O2S/c23-19(16-11-12-16)21-13-14-22-20(24)18(15-7-3-1-4-8-15)25-17-9-5-2-6-10-17/h1-10,16,18H,11-14H2,(H,21,23)(H,22,24). The van der Waals surface area contributed by atoms with Crippen LogP contribution in [0.3, 0.4) is 0 Å². The number of thioether (sulfide) groups is 1. The molecular weight excluding hydrogens is 332 g/mol. The van der Waals surface area contributed by atoms with Crippen LogP contribution in [0.1, 0.15) is 23.7 Å². The second-order valence-electron chi connectivity index (χ2n) is 6.08. The molecule has 2 amide bonds. The minimum absolute atomic E-state index is 0.0410. The highest BCUT2D eigenvalue weighted by Gasteiger charge is 2.29. The van der Waals surface area contributed by atoms with Crippen LogP contribution in [0, 0.1) is 5.92 Å². The average Bonchev–Trinajstić information content (AvgIpc) is 3.50. The topological polar surface area (TPSA) is 58.2 Å². The lowest BCUT2D eigenvalue weighted by Crippen LogP contribution is -2.36. The fourth-order valence-electron chi connectivity index (χ4n) is 2.49. The van der Waals surface area contributed by atoms with Gasteiger partial charge in [-0.3, -0.25) is 9.59 Å². The highest BCUT2D eigenvalue weighted by molar-refractivity contribution is 8.00. The van der Waals surface area contributed by atoms with Gasteiger partial charge in [-0.2, -0.15) is 0 Å². The van der Waals surface area contributed by atoms with Crippen molar-refractivity contribution in [3.63, 3.8) is 0 Å². The number of carbonyl (C=O) groups is 2. The maximum absolute atomic E-state index is 12.7. The summed E-state index contributed by atoms with van der Waals surface area (Å²) < 4.78 is 0. The summed E-state index contributed by atoms with van der Waals surface area (Å²) in [6.45, 7) is 0.911. The number of amides is 2. The largest absolute Gasteiger partial charge is 0.354 e. The van der Waals surface area contributed by atoms with E-state index in [-0.39, 0.29) is 23.0 Å². The Labute approximate surface area is 152 Å². The van der Waals surface area contributed by atoms with Gasteiger partial charge in [-0.25, -0.2) is 0 Å². The van der Waals surface area contributed by atoms with Crippen LogP contribution in [0.25, 0.3) is 0 Å². The first-order valence-electron chi connectivity index (χ1n) is 8.56. The zero-order valence-corrected chi connectivity index (χ0v) is 14.8. The van der Waals surface area contributed by atoms with Gasteiger partial charge in [0.25, 0.3) is 0 Å². The summed E-state index contributed by atoms with van der Waals surface area (Å²) in [4.78, 5) is 25.4. The van der Waals surface area contributed by atoms with E-state index in [9.17, 15) is 9.59 Å². The van der Waals surface area contributed by atoms with Crippen LogP contribution in [-0.2, 0) is 9.59 Å². The Morgan fingerprint density at radius 1 is 0.920 bits per heavy atom. The van der Waals surface area contributed by atoms with E-state index in [1.807, 2.05) is 60.7 Å². The van der Waals surface area contributed by atoms with Crippen molar-refractivity contribution in [1.29, 1.82) is 0 Å². The normalized spacial score (nSPS) is 14.6. The Morgan fingerprint density at radius 2 is 1.52 bits per heavy atom. The third-order valence-corrected chi connectivity index (χ3v) is 5.28. The van der Waals surface area contributed by atoms with Gasteiger partial charge in [0.1, 0.15) is 5.25 Å². The van der Waals surface area contributed by atoms with Gasteiger partial charge >= 0.3 is 0 Å². The molecule has 0 saturated heterocycles. The van der Waals surface area contributed by atoms with Crippen molar-refractivity contribution in [3.8, 4) is 0 Å². The van der Waals surface area contributed by atoms with E-state index < -0.39 is 0 Å². The van der Waals surface area contributed by atoms with Crippen molar-refractivity contribution in [2.45, 2.75) is 23.0 Å². The smallest absolute Gasteiger partial charge is 0.238 e. The molecule has 1 aliphatic rings. The van der Waals surface area contributed by atoms with Crippen molar-refractivity contribution in [3.05, 3.63) is 66.2 Å². The third kappa shape index (κ3) is 5.36. The van der Waals surface area contributed by atoms with Crippen LogP contribution in [0.4, 0.5) is 0 Å². The molecule has 2 N–H and O–H groups in total. The molecule has 0 bridgehead atoms. The fourth-order valence-corrected chi connectivity index (χ4v) is 3.56. The number of hydrogen-bond acceptors (Lipinski definition) is 3. The van der Waals surface area contributed by atoms with E-state index in [1.165, 1.54) is 11.8 Å². The molecule has 1 saturated carbocycles. The lowest BCUT2D eigenvalue weighted by Gasteiger charge is -2.17. The van der Waals surface area contributed by atoms with Crippen molar-refractivity contribution < 1.29 is 9.59 Å². The first-order chi connectivity index (χ1) is 12.2. The average molecular weight is 354 g/mol. The van der Waals surface area contributed by atoms with Crippen molar-refractivity contribution in [2.75, 3.05) is 13.1 Å². The number of rotatable bonds is 8. The Morgan fingerprint density at radius 3 is 2.16 bits per heavy atom. The zero-order valence-electron chi connectivity index (χ0n) is 14.0. The molecule has 1 unspecified atom stereocenters. The lowest BCUT2D eigenvalue weighted by molar-refractivity contribution is -0.123. The third-order valence-electron chi connectivity index (χ3n) is 4.01. The summed E-state index contributed by atoms with van der Waals surface area (Å²) in [6.07, 6.45) is 1.98. The van der Waals surface area contributed by atoms with Gasteiger partial charge in [0.05, 0.1) is 0 Å².